The van der Waals surface area contributed by atoms with Crippen LogP contribution in [0.15, 0.2) is 30.3 Å². The van der Waals surface area contributed by atoms with Gasteiger partial charge in [-0.15, -0.1) is 0 Å². The summed E-state index contributed by atoms with van der Waals surface area (Å²) in [6.07, 6.45) is 2.60. The molecule has 20 heavy (non-hydrogen) atoms. The van der Waals surface area contributed by atoms with Crippen molar-refractivity contribution < 1.29 is 19.4 Å². The molecule has 108 valence electrons. The molecule has 0 radical (unpaired) electrons. The second kappa shape index (κ2) is 7.05. The van der Waals surface area contributed by atoms with Crippen LogP contribution < -0.4 is 5.32 Å². The van der Waals surface area contributed by atoms with Crippen LogP contribution >= 0.6 is 0 Å². The Kier molecular flexibility index (Phi) is 5.12. The van der Waals surface area contributed by atoms with Gasteiger partial charge in [0, 0.05) is 13.0 Å². The smallest absolute Gasteiger partial charge is 0.330 e. The summed E-state index contributed by atoms with van der Waals surface area (Å²) in [7, 11) is 0. The first-order valence-corrected chi connectivity index (χ1v) is 6.81. The minimum absolute atomic E-state index is 0.184. The highest BCUT2D eigenvalue weighted by Crippen LogP contribution is 2.28. The SMILES string of the molecule is O=C(CCOCC1CC1)N[C@@H](C(=O)O)c1ccccc1. The normalized spacial score (nSPS) is 15.6. The maximum Gasteiger partial charge on any atom is 0.330 e. The molecule has 1 aromatic carbocycles. The number of carbonyl (C=O) groups excluding carboxylic acids is 1. The molecule has 1 atom stereocenters. The lowest BCUT2D eigenvalue weighted by Crippen LogP contribution is -2.34. The molecule has 1 aliphatic rings. The van der Waals surface area contributed by atoms with Crippen molar-refractivity contribution in [2.45, 2.75) is 25.3 Å². The van der Waals surface area contributed by atoms with Crippen LogP contribution in [-0.2, 0) is 14.3 Å². The third-order valence-corrected chi connectivity index (χ3v) is 3.21. The van der Waals surface area contributed by atoms with Gasteiger partial charge in [-0.25, -0.2) is 4.79 Å². The summed E-state index contributed by atoms with van der Waals surface area (Å²) in [4.78, 5) is 23.0. The number of aliphatic carboxylic acids is 1. The molecular weight excluding hydrogens is 258 g/mol. The summed E-state index contributed by atoms with van der Waals surface area (Å²) in [5, 5.41) is 11.7. The van der Waals surface area contributed by atoms with E-state index in [1.807, 2.05) is 0 Å². The Morgan fingerprint density at radius 1 is 1.30 bits per heavy atom. The zero-order chi connectivity index (χ0) is 14.4. The van der Waals surface area contributed by atoms with Gasteiger partial charge >= 0.3 is 5.97 Å². The summed E-state index contributed by atoms with van der Waals surface area (Å²) in [5.41, 5.74) is 0.562. The van der Waals surface area contributed by atoms with E-state index in [1.165, 1.54) is 12.8 Å². The van der Waals surface area contributed by atoms with Gasteiger partial charge in [0.1, 0.15) is 0 Å². The molecule has 1 aliphatic carbocycles. The fraction of sp³-hybridized carbons (Fsp3) is 0.467. The van der Waals surface area contributed by atoms with Crippen LogP contribution in [-0.4, -0.2) is 30.2 Å². The van der Waals surface area contributed by atoms with Crippen LogP contribution in [0.4, 0.5) is 0 Å². The van der Waals surface area contributed by atoms with E-state index < -0.39 is 12.0 Å². The van der Waals surface area contributed by atoms with Crippen molar-refractivity contribution in [2.24, 2.45) is 5.92 Å². The molecule has 0 unspecified atom stereocenters. The number of carboxylic acids is 1. The molecule has 1 aromatic rings. The van der Waals surface area contributed by atoms with Crippen LogP contribution in [0.25, 0.3) is 0 Å². The second-order valence-corrected chi connectivity index (χ2v) is 5.02. The maximum absolute atomic E-state index is 11.7. The molecule has 0 aliphatic heterocycles. The van der Waals surface area contributed by atoms with Gasteiger partial charge in [0.25, 0.3) is 0 Å². The van der Waals surface area contributed by atoms with Gasteiger partial charge in [-0.2, -0.15) is 0 Å². The lowest BCUT2D eigenvalue weighted by molar-refractivity contribution is -0.142. The van der Waals surface area contributed by atoms with Crippen LogP contribution in [0.2, 0.25) is 0 Å². The molecule has 0 heterocycles. The van der Waals surface area contributed by atoms with Crippen LogP contribution in [0, 0.1) is 5.92 Å². The molecule has 0 saturated heterocycles. The van der Waals surface area contributed by atoms with E-state index in [2.05, 4.69) is 5.32 Å². The summed E-state index contributed by atoms with van der Waals surface area (Å²) < 4.78 is 5.37. The Hall–Kier alpha value is -1.88. The lowest BCUT2D eigenvalue weighted by Gasteiger charge is -2.14. The number of carboxylic acid groups (broad SMARTS) is 1. The monoisotopic (exact) mass is 277 g/mol. The number of hydrogen-bond acceptors (Lipinski definition) is 3. The zero-order valence-electron chi connectivity index (χ0n) is 11.2. The molecule has 5 nitrogen and oxygen atoms in total. The predicted molar refractivity (Wildman–Crippen MR) is 73.1 cm³/mol. The maximum atomic E-state index is 11.7. The molecule has 1 saturated carbocycles. The average Bonchev–Trinajstić information content (AvgIpc) is 3.26. The van der Waals surface area contributed by atoms with Gasteiger partial charge < -0.3 is 15.2 Å². The number of benzene rings is 1. The van der Waals surface area contributed by atoms with Gasteiger partial charge in [0.2, 0.25) is 5.91 Å². The van der Waals surface area contributed by atoms with Crippen LogP contribution in [0.5, 0.6) is 0 Å². The van der Waals surface area contributed by atoms with E-state index in [0.717, 1.165) is 0 Å². The van der Waals surface area contributed by atoms with E-state index in [4.69, 9.17) is 4.74 Å². The third-order valence-electron chi connectivity index (χ3n) is 3.21. The topological polar surface area (TPSA) is 75.6 Å². The summed E-state index contributed by atoms with van der Waals surface area (Å²) in [5.74, 6) is -0.713. The lowest BCUT2D eigenvalue weighted by atomic mass is 10.1. The van der Waals surface area contributed by atoms with Gasteiger partial charge in [0.05, 0.1) is 6.61 Å². The fourth-order valence-corrected chi connectivity index (χ4v) is 1.87. The number of rotatable bonds is 8. The number of hydrogen-bond donors (Lipinski definition) is 2. The van der Waals surface area contributed by atoms with Crippen LogP contribution in [0.1, 0.15) is 30.9 Å². The molecule has 1 fully saturated rings. The highest BCUT2D eigenvalue weighted by atomic mass is 16.5. The van der Waals surface area contributed by atoms with Gasteiger partial charge in [0.15, 0.2) is 6.04 Å². The molecule has 0 bridgehead atoms. The van der Waals surface area contributed by atoms with Gasteiger partial charge in [-0.3, -0.25) is 4.79 Å². The predicted octanol–water partition coefficient (Wildman–Crippen LogP) is 1.75. The highest BCUT2D eigenvalue weighted by molar-refractivity contribution is 5.84. The molecular formula is C15H19NO4. The fourth-order valence-electron chi connectivity index (χ4n) is 1.87. The first-order chi connectivity index (χ1) is 9.66. The Morgan fingerprint density at radius 2 is 2.00 bits per heavy atom. The summed E-state index contributed by atoms with van der Waals surface area (Å²) >= 11 is 0. The van der Waals surface area contributed by atoms with Gasteiger partial charge in [-0.05, 0) is 24.3 Å². The van der Waals surface area contributed by atoms with E-state index in [0.29, 0.717) is 24.7 Å². The van der Waals surface area contributed by atoms with E-state index >= 15 is 0 Å². The standard InChI is InChI=1S/C15H19NO4/c17-13(8-9-20-10-11-6-7-11)16-14(15(18)19)12-4-2-1-3-5-12/h1-5,11,14H,6-10H2,(H,16,17)(H,18,19)/t14-/m1/s1. The minimum Gasteiger partial charge on any atom is -0.479 e. The molecule has 0 aromatic heterocycles. The van der Waals surface area contributed by atoms with E-state index in [1.54, 1.807) is 30.3 Å². The van der Waals surface area contributed by atoms with Crippen LogP contribution in [0.3, 0.4) is 0 Å². The Labute approximate surface area is 117 Å². The Morgan fingerprint density at radius 3 is 2.60 bits per heavy atom. The highest BCUT2D eigenvalue weighted by Gasteiger charge is 2.23. The number of nitrogens with one attached hydrogen (secondary N) is 1. The molecule has 1 amide bonds. The first kappa shape index (κ1) is 14.5. The quantitative estimate of drug-likeness (QED) is 0.710. The van der Waals surface area contributed by atoms with E-state index in [-0.39, 0.29) is 12.3 Å². The Balaban J connectivity index is 1.78. The number of carbonyl (C=O) groups is 2. The first-order valence-electron chi connectivity index (χ1n) is 6.81. The molecule has 5 heteroatoms. The number of ether oxygens (including phenoxy) is 1. The van der Waals surface area contributed by atoms with Gasteiger partial charge in [-0.1, -0.05) is 30.3 Å². The Bertz CT molecular complexity index is 456. The average molecular weight is 277 g/mol. The second-order valence-electron chi connectivity index (χ2n) is 5.02. The number of amides is 1. The molecule has 2 rings (SSSR count). The van der Waals surface area contributed by atoms with Crippen molar-refractivity contribution in [3.8, 4) is 0 Å². The molecule has 2 N–H and O–H groups in total. The summed E-state index contributed by atoms with van der Waals surface area (Å²) in [6, 6.07) is 7.65. The molecule has 0 spiro atoms. The zero-order valence-corrected chi connectivity index (χ0v) is 11.2. The van der Waals surface area contributed by atoms with Crippen molar-refractivity contribution in [3.63, 3.8) is 0 Å². The van der Waals surface area contributed by atoms with Crippen molar-refractivity contribution in [1.82, 2.24) is 5.32 Å². The minimum atomic E-state index is -1.07. The largest absolute Gasteiger partial charge is 0.479 e. The van der Waals surface area contributed by atoms with Crippen molar-refractivity contribution >= 4 is 11.9 Å². The summed E-state index contributed by atoms with van der Waals surface area (Å²) in [6.45, 7) is 1.04. The third kappa shape index (κ3) is 4.66. The van der Waals surface area contributed by atoms with E-state index in [9.17, 15) is 14.7 Å². The van der Waals surface area contributed by atoms with Crippen molar-refractivity contribution in [1.29, 1.82) is 0 Å². The van der Waals surface area contributed by atoms with Crippen molar-refractivity contribution in [3.05, 3.63) is 35.9 Å². The van der Waals surface area contributed by atoms with Crippen molar-refractivity contribution in [2.75, 3.05) is 13.2 Å².